The minimum atomic E-state index is 0.685. The zero-order chi connectivity index (χ0) is 13.0. The molecule has 1 N–H and O–H groups in total. The lowest BCUT2D eigenvalue weighted by Gasteiger charge is -2.10. The lowest BCUT2D eigenvalue weighted by atomic mass is 10.2. The zero-order valence-corrected chi connectivity index (χ0v) is 12.2. The first-order valence-corrected chi connectivity index (χ1v) is 7.36. The van der Waals surface area contributed by atoms with Crippen LogP contribution in [0.15, 0.2) is 51.8 Å². The molecule has 0 unspecified atom stereocenters. The molecule has 0 bridgehead atoms. The highest BCUT2D eigenvalue weighted by atomic mass is 79.9. The van der Waals surface area contributed by atoms with E-state index in [1.807, 2.05) is 48.7 Å². The number of rotatable bonds is 3. The topological polar surface area (TPSA) is 35.8 Å². The average molecular weight is 319 g/mol. The van der Waals surface area contributed by atoms with Crippen LogP contribution in [-0.2, 0) is 0 Å². The average Bonchev–Trinajstić information content (AvgIpc) is 2.38. The second kappa shape index (κ2) is 5.94. The van der Waals surface area contributed by atoms with Crippen LogP contribution in [0.2, 0.25) is 0 Å². The smallest absolute Gasteiger partial charge is 0.103 e. The van der Waals surface area contributed by atoms with Gasteiger partial charge in [-0.1, -0.05) is 28.1 Å². The summed E-state index contributed by atoms with van der Waals surface area (Å²) < 4.78 is 1.01. The number of nitrogens with one attached hydrogen (secondary N) is 1. The highest BCUT2D eigenvalue weighted by Crippen LogP contribution is 2.29. The van der Waals surface area contributed by atoms with Crippen LogP contribution in [0, 0.1) is 11.3 Å². The molecule has 4 heteroatoms. The molecule has 2 aromatic carbocycles. The number of halogens is 1. The maximum atomic E-state index is 9.25. The van der Waals surface area contributed by atoms with Crippen molar-refractivity contribution >= 4 is 39.1 Å². The Balaban J connectivity index is 2.38. The van der Waals surface area contributed by atoms with Gasteiger partial charge in [-0.3, -0.25) is 0 Å². The Labute approximate surface area is 119 Å². The molecule has 2 nitrogen and oxygen atoms in total. The van der Waals surface area contributed by atoms with Gasteiger partial charge in [0.1, 0.15) is 6.07 Å². The van der Waals surface area contributed by atoms with Crippen molar-refractivity contribution in [3.8, 4) is 6.07 Å². The highest BCUT2D eigenvalue weighted by Gasteiger charge is 2.07. The number of anilines is 2. The van der Waals surface area contributed by atoms with E-state index in [1.54, 1.807) is 11.8 Å². The van der Waals surface area contributed by atoms with Gasteiger partial charge in [-0.05, 0) is 36.6 Å². The van der Waals surface area contributed by atoms with Gasteiger partial charge in [-0.15, -0.1) is 11.8 Å². The van der Waals surface area contributed by atoms with Gasteiger partial charge in [0.15, 0.2) is 0 Å². The van der Waals surface area contributed by atoms with Crippen LogP contribution in [0.1, 0.15) is 5.56 Å². The Morgan fingerprint density at radius 1 is 1.22 bits per heavy atom. The van der Waals surface area contributed by atoms with Gasteiger partial charge in [0.05, 0.1) is 11.3 Å². The zero-order valence-electron chi connectivity index (χ0n) is 9.77. The predicted octanol–water partition coefficient (Wildman–Crippen LogP) is 4.79. The van der Waals surface area contributed by atoms with E-state index in [-0.39, 0.29) is 0 Å². The van der Waals surface area contributed by atoms with Crippen molar-refractivity contribution in [2.24, 2.45) is 0 Å². The standard InChI is InChI=1S/C14H11BrN2S/c1-18-14-7-3-6-13(12(14)9-16)17-11-5-2-4-10(15)8-11/h2-8,17H,1H3. The Bertz CT molecular complexity index is 605. The molecule has 0 aliphatic rings. The quantitative estimate of drug-likeness (QED) is 0.827. The third-order valence-electron chi connectivity index (χ3n) is 2.46. The van der Waals surface area contributed by atoms with Gasteiger partial charge in [-0.25, -0.2) is 0 Å². The summed E-state index contributed by atoms with van der Waals surface area (Å²) in [5.41, 5.74) is 2.48. The van der Waals surface area contributed by atoms with E-state index in [2.05, 4.69) is 27.3 Å². The summed E-state index contributed by atoms with van der Waals surface area (Å²) in [4.78, 5) is 0.984. The molecular weight excluding hydrogens is 308 g/mol. The molecule has 0 aromatic heterocycles. The van der Waals surface area contributed by atoms with Gasteiger partial charge in [-0.2, -0.15) is 5.26 Å². The van der Waals surface area contributed by atoms with E-state index in [1.165, 1.54) is 0 Å². The first kappa shape index (κ1) is 13.0. The molecule has 0 atom stereocenters. The third kappa shape index (κ3) is 2.87. The van der Waals surface area contributed by atoms with Gasteiger partial charge in [0.25, 0.3) is 0 Å². The molecule has 0 spiro atoms. The fraction of sp³-hybridized carbons (Fsp3) is 0.0714. The molecule has 0 amide bonds. The maximum Gasteiger partial charge on any atom is 0.103 e. The van der Waals surface area contributed by atoms with Crippen molar-refractivity contribution in [1.29, 1.82) is 5.26 Å². The molecule has 0 saturated carbocycles. The number of thioether (sulfide) groups is 1. The van der Waals surface area contributed by atoms with Crippen molar-refractivity contribution in [2.45, 2.75) is 4.90 Å². The first-order valence-electron chi connectivity index (χ1n) is 5.34. The minimum absolute atomic E-state index is 0.685. The van der Waals surface area contributed by atoms with Gasteiger partial charge in [0, 0.05) is 15.1 Å². The van der Waals surface area contributed by atoms with Gasteiger partial charge >= 0.3 is 0 Å². The first-order chi connectivity index (χ1) is 8.74. The fourth-order valence-electron chi connectivity index (χ4n) is 1.64. The lowest BCUT2D eigenvalue weighted by Crippen LogP contribution is -1.94. The minimum Gasteiger partial charge on any atom is -0.354 e. The molecule has 0 aliphatic carbocycles. The SMILES string of the molecule is CSc1cccc(Nc2cccc(Br)c2)c1C#N. The Morgan fingerprint density at radius 2 is 2.00 bits per heavy atom. The van der Waals surface area contributed by atoms with Crippen LogP contribution in [-0.4, -0.2) is 6.26 Å². The van der Waals surface area contributed by atoms with E-state index < -0.39 is 0 Å². The summed E-state index contributed by atoms with van der Waals surface area (Å²) in [6.07, 6.45) is 1.97. The summed E-state index contributed by atoms with van der Waals surface area (Å²) >= 11 is 5.01. The number of hydrogen-bond donors (Lipinski definition) is 1. The molecule has 0 fully saturated rings. The summed E-state index contributed by atoms with van der Waals surface area (Å²) in [5.74, 6) is 0. The Hall–Kier alpha value is -1.44. The van der Waals surface area contributed by atoms with Crippen LogP contribution < -0.4 is 5.32 Å². The molecule has 2 rings (SSSR count). The lowest BCUT2D eigenvalue weighted by molar-refractivity contribution is 1.36. The van der Waals surface area contributed by atoms with Crippen LogP contribution in [0.4, 0.5) is 11.4 Å². The van der Waals surface area contributed by atoms with E-state index in [9.17, 15) is 5.26 Å². The molecule has 0 aliphatic heterocycles. The van der Waals surface area contributed by atoms with Crippen LogP contribution in [0.5, 0.6) is 0 Å². The molecule has 2 aromatic rings. The van der Waals surface area contributed by atoms with Crippen molar-refractivity contribution in [2.75, 3.05) is 11.6 Å². The summed E-state index contributed by atoms with van der Waals surface area (Å²) in [6, 6.07) is 15.9. The van der Waals surface area contributed by atoms with Crippen molar-refractivity contribution < 1.29 is 0 Å². The van der Waals surface area contributed by atoms with Crippen molar-refractivity contribution in [1.82, 2.24) is 0 Å². The predicted molar refractivity (Wildman–Crippen MR) is 80.4 cm³/mol. The Morgan fingerprint density at radius 3 is 2.67 bits per heavy atom. The molecule has 0 heterocycles. The van der Waals surface area contributed by atoms with Crippen LogP contribution in [0.25, 0.3) is 0 Å². The van der Waals surface area contributed by atoms with Crippen LogP contribution >= 0.6 is 27.7 Å². The molecule has 0 radical (unpaired) electrons. The van der Waals surface area contributed by atoms with Crippen molar-refractivity contribution in [3.63, 3.8) is 0 Å². The largest absolute Gasteiger partial charge is 0.354 e. The van der Waals surface area contributed by atoms with Crippen LogP contribution in [0.3, 0.4) is 0 Å². The van der Waals surface area contributed by atoms with Crippen molar-refractivity contribution in [3.05, 3.63) is 52.5 Å². The summed E-state index contributed by atoms with van der Waals surface area (Å²) in [6.45, 7) is 0. The van der Waals surface area contributed by atoms with E-state index in [4.69, 9.17) is 0 Å². The highest BCUT2D eigenvalue weighted by molar-refractivity contribution is 9.10. The third-order valence-corrected chi connectivity index (χ3v) is 3.73. The molecular formula is C14H11BrN2S. The number of hydrogen-bond acceptors (Lipinski definition) is 3. The molecule has 18 heavy (non-hydrogen) atoms. The monoisotopic (exact) mass is 318 g/mol. The van der Waals surface area contributed by atoms with E-state index in [0.717, 1.165) is 20.7 Å². The summed E-state index contributed by atoms with van der Waals surface area (Å²) in [7, 11) is 0. The normalized spacial score (nSPS) is 9.83. The Kier molecular flexibility index (Phi) is 4.29. The van der Waals surface area contributed by atoms with E-state index >= 15 is 0 Å². The van der Waals surface area contributed by atoms with Gasteiger partial charge in [0.2, 0.25) is 0 Å². The fourth-order valence-corrected chi connectivity index (χ4v) is 2.62. The number of nitriles is 1. The van der Waals surface area contributed by atoms with E-state index in [0.29, 0.717) is 5.56 Å². The molecule has 0 saturated heterocycles. The second-order valence-electron chi connectivity index (χ2n) is 3.63. The molecule has 90 valence electrons. The number of nitrogens with zero attached hydrogens (tertiary/aromatic N) is 1. The summed E-state index contributed by atoms with van der Waals surface area (Å²) in [5, 5.41) is 12.5. The maximum absolute atomic E-state index is 9.25. The van der Waals surface area contributed by atoms with Gasteiger partial charge < -0.3 is 5.32 Å². The second-order valence-corrected chi connectivity index (χ2v) is 5.39. The number of benzene rings is 2.